The Kier molecular flexibility index (Phi) is 7.38. The minimum Gasteiger partial charge on any atom is -0.322 e. The highest BCUT2D eigenvalue weighted by Gasteiger charge is 2.35. The molecule has 7 nitrogen and oxygen atoms in total. The first-order valence-electron chi connectivity index (χ1n) is 13.9. The maximum Gasteiger partial charge on any atom is 0.270 e. The lowest BCUT2D eigenvalue weighted by Gasteiger charge is -2.29. The van der Waals surface area contributed by atoms with Crippen LogP contribution in [-0.4, -0.2) is 27.4 Å². The van der Waals surface area contributed by atoms with E-state index in [-0.39, 0.29) is 16.6 Å². The van der Waals surface area contributed by atoms with E-state index in [1.807, 2.05) is 75.4 Å². The Morgan fingerprint density at radius 3 is 2.52 bits per heavy atom. The number of nitrogens with one attached hydrogen (secondary N) is 2. The minimum absolute atomic E-state index is 0.00197. The third-order valence-electron chi connectivity index (χ3n) is 7.75. The average Bonchev–Trinajstić information content (AvgIpc) is 3.47. The Bertz CT molecular complexity index is 1800. The number of carbonyl (C=O) groups is 3. The van der Waals surface area contributed by atoms with Crippen molar-refractivity contribution in [3.05, 3.63) is 105 Å². The number of nitrogens with zero attached hydrogens (tertiary/aromatic N) is 2. The second-order valence-corrected chi connectivity index (χ2v) is 12.1. The van der Waals surface area contributed by atoms with Gasteiger partial charge in [-0.1, -0.05) is 30.3 Å². The van der Waals surface area contributed by atoms with Crippen LogP contribution in [0.2, 0.25) is 0 Å². The molecular formula is C33H30N4O3S2. The lowest BCUT2D eigenvalue weighted by Crippen LogP contribution is -2.54. The lowest BCUT2D eigenvalue weighted by atomic mass is 9.95. The molecule has 6 rings (SSSR count). The zero-order valence-corrected chi connectivity index (χ0v) is 25.2. The van der Waals surface area contributed by atoms with Crippen LogP contribution in [0.4, 0.5) is 11.4 Å². The fourth-order valence-corrected chi connectivity index (χ4v) is 7.50. The van der Waals surface area contributed by atoms with E-state index in [1.54, 1.807) is 23.5 Å². The normalized spacial score (nSPS) is 16.0. The standard InChI is InChI=1S/C33H30N4O3S2/c1-19-10-9-13-24(16-19)37-31(40)26(29(38)35-33(37)41)18-22-17-20(2)36(21(22)3)32-28(25-14-7-8-15-27(25)42-32)30(39)34-23-11-5-4-6-12-23/h4-6,9-13,16-18H,7-8,14-15H2,1-3H3,(H,34,39)(H,35,38,41)/b26-18-. The van der Waals surface area contributed by atoms with Gasteiger partial charge in [0.25, 0.3) is 17.7 Å². The molecule has 212 valence electrons. The summed E-state index contributed by atoms with van der Waals surface area (Å²) in [4.78, 5) is 43.0. The third-order valence-corrected chi connectivity index (χ3v) is 9.31. The molecule has 2 aromatic heterocycles. The molecule has 0 unspecified atom stereocenters. The smallest absolute Gasteiger partial charge is 0.270 e. The van der Waals surface area contributed by atoms with E-state index in [0.717, 1.165) is 64.4 Å². The Hall–Kier alpha value is -4.34. The Balaban J connectivity index is 1.42. The summed E-state index contributed by atoms with van der Waals surface area (Å²) in [6, 6.07) is 18.8. The van der Waals surface area contributed by atoms with Gasteiger partial charge in [-0.3, -0.25) is 24.6 Å². The number of anilines is 2. The number of thiocarbonyl (C=S) groups is 1. The SMILES string of the molecule is Cc1cccc(N2C(=O)/C(=C\c3cc(C)n(-c4sc5c(c4C(=O)Nc4ccccc4)CCCC5)c3C)C(=O)NC2=S)c1. The highest BCUT2D eigenvalue weighted by molar-refractivity contribution is 7.80. The summed E-state index contributed by atoms with van der Waals surface area (Å²) in [6.07, 6.45) is 5.59. The van der Waals surface area contributed by atoms with Gasteiger partial charge in [0, 0.05) is 22.0 Å². The molecule has 0 saturated carbocycles. The third kappa shape index (κ3) is 4.99. The summed E-state index contributed by atoms with van der Waals surface area (Å²) < 4.78 is 2.07. The number of hydrogen-bond acceptors (Lipinski definition) is 5. The molecule has 3 heterocycles. The van der Waals surface area contributed by atoms with E-state index in [0.29, 0.717) is 11.3 Å². The monoisotopic (exact) mass is 594 g/mol. The predicted octanol–water partition coefficient (Wildman–Crippen LogP) is 6.43. The summed E-state index contributed by atoms with van der Waals surface area (Å²) in [6.45, 7) is 5.86. The average molecular weight is 595 g/mol. The van der Waals surface area contributed by atoms with Gasteiger partial charge in [0.1, 0.15) is 10.6 Å². The van der Waals surface area contributed by atoms with Crippen molar-refractivity contribution in [1.82, 2.24) is 9.88 Å². The number of para-hydroxylation sites is 1. The van der Waals surface area contributed by atoms with Gasteiger partial charge >= 0.3 is 0 Å². The first-order valence-corrected chi connectivity index (χ1v) is 15.1. The van der Waals surface area contributed by atoms with Crippen LogP contribution in [0.15, 0.2) is 66.2 Å². The van der Waals surface area contributed by atoms with Crippen molar-refractivity contribution in [1.29, 1.82) is 0 Å². The maximum absolute atomic E-state index is 13.8. The summed E-state index contributed by atoms with van der Waals surface area (Å²) in [5.41, 5.74) is 6.59. The molecule has 9 heteroatoms. The molecular weight excluding hydrogens is 565 g/mol. The fourth-order valence-electron chi connectivity index (χ4n) is 5.72. The topological polar surface area (TPSA) is 83.4 Å². The summed E-state index contributed by atoms with van der Waals surface area (Å²) in [5.74, 6) is -1.14. The number of fused-ring (bicyclic) bond motifs is 1. The van der Waals surface area contributed by atoms with Crippen LogP contribution in [0.5, 0.6) is 0 Å². The van der Waals surface area contributed by atoms with Crippen molar-refractivity contribution in [2.45, 2.75) is 46.5 Å². The van der Waals surface area contributed by atoms with Crippen molar-refractivity contribution >= 4 is 63.8 Å². The van der Waals surface area contributed by atoms with Crippen LogP contribution in [-0.2, 0) is 22.4 Å². The van der Waals surface area contributed by atoms with E-state index < -0.39 is 11.8 Å². The van der Waals surface area contributed by atoms with E-state index >= 15 is 0 Å². The largest absolute Gasteiger partial charge is 0.322 e. The Labute approximate surface area is 253 Å². The van der Waals surface area contributed by atoms with E-state index in [2.05, 4.69) is 15.2 Å². The molecule has 4 aromatic rings. The fraction of sp³-hybridized carbons (Fsp3) is 0.212. The molecule has 1 aliphatic carbocycles. The molecule has 0 bridgehead atoms. The first kappa shape index (κ1) is 27.8. The molecule has 0 atom stereocenters. The zero-order valence-electron chi connectivity index (χ0n) is 23.6. The Morgan fingerprint density at radius 2 is 1.76 bits per heavy atom. The van der Waals surface area contributed by atoms with Gasteiger partial charge < -0.3 is 9.88 Å². The van der Waals surface area contributed by atoms with Crippen LogP contribution in [0.25, 0.3) is 11.1 Å². The van der Waals surface area contributed by atoms with Crippen molar-refractivity contribution in [2.75, 3.05) is 10.2 Å². The molecule has 42 heavy (non-hydrogen) atoms. The Morgan fingerprint density at radius 1 is 1.00 bits per heavy atom. The van der Waals surface area contributed by atoms with Crippen LogP contribution in [0.1, 0.15) is 56.2 Å². The molecule has 1 fully saturated rings. The summed E-state index contributed by atoms with van der Waals surface area (Å²) in [5, 5.41) is 6.67. The van der Waals surface area contributed by atoms with Gasteiger partial charge in [-0.25, -0.2) is 0 Å². The molecule has 2 aliphatic rings. The van der Waals surface area contributed by atoms with Gasteiger partial charge in [-0.15, -0.1) is 11.3 Å². The van der Waals surface area contributed by atoms with E-state index in [1.165, 1.54) is 9.78 Å². The highest BCUT2D eigenvalue weighted by Crippen LogP contribution is 2.39. The number of thiophene rings is 1. The number of amides is 3. The summed E-state index contributed by atoms with van der Waals surface area (Å²) >= 11 is 7.02. The number of benzene rings is 2. The van der Waals surface area contributed by atoms with Crippen LogP contribution < -0.4 is 15.5 Å². The van der Waals surface area contributed by atoms with E-state index in [4.69, 9.17) is 12.2 Å². The number of aromatic nitrogens is 1. The van der Waals surface area contributed by atoms with Crippen molar-refractivity contribution in [3.63, 3.8) is 0 Å². The van der Waals surface area contributed by atoms with Gasteiger partial charge in [0.05, 0.1) is 11.3 Å². The first-order chi connectivity index (χ1) is 20.2. The molecule has 1 saturated heterocycles. The van der Waals surface area contributed by atoms with E-state index in [9.17, 15) is 14.4 Å². The van der Waals surface area contributed by atoms with Gasteiger partial charge in [-0.05, 0) is 112 Å². The number of rotatable bonds is 5. The number of aryl methyl sites for hydroxylation is 3. The van der Waals surface area contributed by atoms with Crippen LogP contribution in [0.3, 0.4) is 0 Å². The van der Waals surface area contributed by atoms with Crippen molar-refractivity contribution in [3.8, 4) is 5.00 Å². The minimum atomic E-state index is -0.534. The van der Waals surface area contributed by atoms with Gasteiger partial charge in [-0.2, -0.15) is 0 Å². The van der Waals surface area contributed by atoms with Crippen molar-refractivity contribution < 1.29 is 14.4 Å². The van der Waals surface area contributed by atoms with Crippen LogP contribution >= 0.6 is 23.6 Å². The number of carbonyl (C=O) groups excluding carboxylic acids is 3. The van der Waals surface area contributed by atoms with Crippen molar-refractivity contribution in [2.24, 2.45) is 0 Å². The van der Waals surface area contributed by atoms with Crippen LogP contribution in [0, 0.1) is 20.8 Å². The van der Waals surface area contributed by atoms with Gasteiger partial charge in [0.15, 0.2) is 5.11 Å². The highest BCUT2D eigenvalue weighted by atomic mass is 32.1. The second-order valence-electron chi connectivity index (χ2n) is 10.7. The predicted molar refractivity (Wildman–Crippen MR) is 172 cm³/mol. The maximum atomic E-state index is 13.8. The molecule has 0 radical (unpaired) electrons. The molecule has 1 aliphatic heterocycles. The molecule has 2 N–H and O–H groups in total. The molecule has 3 amide bonds. The summed E-state index contributed by atoms with van der Waals surface area (Å²) in [7, 11) is 0. The van der Waals surface area contributed by atoms with Gasteiger partial charge in [0.2, 0.25) is 0 Å². The molecule has 2 aromatic carbocycles. The second kappa shape index (κ2) is 11.2. The molecule has 0 spiro atoms. The number of hydrogen-bond donors (Lipinski definition) is 2. The zero-order chi connectivity index (χ0) is 29.5. The lowest BCUT2D eigenvalue weighted by molar-refractivity contribution is -0.122. The quantitative estimate of drug-likeness (QED) is 0.159.